The first-order chi connectivity index (χ1) is 11.4. The van der Waals surface area contributed by atoms with E-state index in [2.05, 4.69) is 0 Å². The predicted molar refractivity (Wildman–Crippen MR) is 93.1 cm³/mol. The van der Waals surface area contributed by atoms with Gasteiger partial charge in [0.15, 0.2) is 0 Å². The molecule has 5 nitrogen and oxygen atoms in total. The van der Waals surface area contributed by atoms with Gasteiger partial charge in [0, 0.05) is 23.8 Å². The second kappa shape index (κ2) is 8.70. The van der Waals surface area contributed by atoms with Gasteiger partial charge in [0.25, 0.3) is 0 Å². The number of benzene rings is 2. The Hall–Kier alpha value is -2.05. The third-order valence-corrected chi connectivity index (χ3v) is 4.42. The van der Waals surface area contributed by atoms with E-state index in [9.17, 15) is 13.2 Å². The van der Waals surface area contributed by atoms with Crippen LogP contribution in [0.25, 0.3) is 0 Å². The molecule has 0 radical (unpaired) electrons. The minimum absolute atomic E-state index is 0.0334. The number of carbonyl (C=O) groups is 1. The molecule has 2 aromatic carbocycles. The molecule has 0 spiro atoms. The summed E-state index contributed by atoms with van der Waals surface area (Å²) >= 11 is 0. The van der Waals surface area contributed by atoms with E-state index < -0.39 is 15.1 Å². The molecule has 0 bridgehead atoms. The number of rotatable bonds is 7. The Morgan fingerprint density at radius 2 is 1.50 bits per heavy atom. The van der Waals surface area contributed by atoms with Crippen LogP contribution in [0.2, 0.25) is 0 Å². The molecule has 7 heteroatoms. The van der Waals surface area contributed by atoms with Crippen molar-refractivity contribution in [2.75, 3.05) is 12.3 Å². The van der Waals surface area contributed by atoms with Gasteiger partial charge in [0.2, 0.25) is 9.05 Å². The fraction of sp³-hybridized carbons (Fsp3) is 0.235. The van der Waals surface area contributed by atoms with Crippen molar-refractivity contribution in [3.8, 4) is 0 Å². The maximum Gasteiger partial charge on any atom is 0.410 e. The van der Waals surface area contributed by atoms with E-state index in [1.165, 1.54) is 4.90 Å². The van der Waals surface area contributed by atoms with Crippen molar-refractivity contribution in [2.45, 2.75) is 13.2 Å². The Kier molecular flexibility index (Phi) is 6.63. The number of halogens is 1. The lowest BCUT2D eigenvalue weighted by molar-refractivity contribution is 0.0959. The molecular weight excluding hydrogens is 350 g/mol. The normalized spacial score (nSPS) is 11.0. The number of hydrogen-bond acceptors (Lipinski definition) is 4. The summed E-state index contributed by atoms with van der Waals surface area (Å²) < 4.78 is 27.6. The lowest BCUT2D eigenvalue weighted by atomic mass is 10.2. The molecule has 0 atom stereocenters. The van der Waals surface area contributed by atoms with Crippen LogP contribution in [0.5, 0.6) is 0 Å². The molecule has 0 aliphatic carbocycles. The van der Waals surface area contributed by atoms with Gasteiger partial charge in [-0.05, 0) is 11.1 Å². The fourth-order valence-electron chi connectivity index (χ4n) is 2.07. The van der Waals surface area contributed by atoms with Crippen molar-refractivity contribution in [2.24, 2.45) is 0 Å². The molecule has 2 rings (SSSR count). The number of ether oxygens (including phenoxy) is 1. The Balaban J connectivity index is 2.01. The van der Waals surface area contributed by atoms with Crippen LogP contribution in [-0.2, 0) is 26.9 Å². The lowest BCUT2D eigenvalue weighted by Crippen LogP contribution is -2.34. The zero-order valence-electron chi connectivity index (χ0n) is 13.0. The monoisotopic (exact) mass is 367 g/mol. The highest BCUT2D eigenvalue weighted by Gasteiger charge is 2.18. The molecule has 0 saturated carbocycles. The Bertz CT molecular complexity index is 751. The van der Waals surface area contributed by atoms with Gasteiger partial charge >= 0.3 is 6.09 Å². The van der Waals surface area contributed by atoms with Crippen molar-refractivity contribution in [3.05, 3.63) is 71.8 Å². The summed E-state index contributed by atoms with van der Waals surface area (Å²) in [7, 11) is 1.56. The molecule has 0 aromatic heterocycles. The molecule has 128 valence electrons. The molecule has 0 N–H and O–H groups in total. The first-order valence-electron chi connectivity index (χ1n) is 7.36. The van der Waals surface area contributed by atoms with E-state index in [0.717, 1.165) is 11.1 Å². The maximum atomic E-state index is 12.3. The molecule has 0 fully saturated rings. The summed E-state index contributed by atoms with van der Waals surface area (Å²) in [5, 5.41) is 0. The molecule has 0 unspecified atom stereocenters. The van der Waals surface area contributed by atoms with Crippen molar-refractivity contribution in [1.82, 2.24) is 4.90 Å². The van der Waals surface area contributed by atoms with Gasteiger partial charge in [-0.1, -0.05) is 60.7 Å². The molecule has 0 aliphatic heterocycles. The van der Waals surface area contributed by atoms with Crippen molar-refractivity contribution in [3.63, 3.8) is 0 Å². The highest BCUT2D eigenvalue weighted by atomic mass is 35.7. The number of carbonyl (C=O) groups excluding carboxylic acids is 1. The zero-order valence-corrected chi connectivity index (χ0v) is 14.5. The summed E-state index contributed by atoms with van der Waals surface area (Å²) in [6, 6.07) is 18.5. The fourth-order valence-corrected chi connectivity index (χ4v) is 2.71. The van der Waals surface area contributed by atoms with Gasteiger partial charge in [0.1, 0.15) is 6.61 Å². The summed E-state index contributed by atoms with van der Waals surface area (Å²) in [5.41, 5.74) is 1.73. The van der Waals surface area contributed by atoms with Crippen LogP contribution in [0.15, 0.2) is 60.7 Å². The maximum absolute atomic E-state index is 12.3. The minimum atomic E-state index is -3.69. The zero-order chi connectivity index (χ0) is 17.4. The lowest BCUT2D eigenvalue weighted by Gasteiger charge is -2.21. The van der Waals surface area contributed by atoms with E-state index in [0.29, 0.717) is 0 Å². The molecule has 0 aliphatic rings. The van der Waals surface area contributed by atoms with Gasteiger partial charge in [-0.2, -0.15) is 0 Å². The topological polar surface area (TPSA) is 63.7 Å². The van der Waals surface area contributed by atoms with Gasteiger partial charge in [-0.15, -0.1) is 0 Å². The largest absolute Gasteiger partial charge is 0.445 e. The average molecular weight is 368 g/mol. The summed E-state index contributed by atoms with van der Waals surface area (Å²) in [5.74, 6) is -0.332. The Morgan fingerprint density at radius 1 is 0.958 bits per heavy atom. The molecule has 24 heavy (non-hydrogen) atoms. The first kappa shape index (κ1) is 18.3. The number of hydrogen-bond donors (Lipinski definition) is 0. The molecule has 2 aromatic rings. The van der Waals surface area contributed by atoms with Crippen LogP contribution >= 0.6 is 10.7 Å². The van der Waals surface area contributed by atoms with E-state index in [-0.39, 0.29) is 25.4 Å². The summed E-state index contributed by atoms with van der Waals surface area (Å²) in [6.45, 7) is 0.341. The Labute approximate surface area is 146 Å². The second-order valence-electron chi connectivity index (χ2n) is 5.19. The highest BCUT2D eigenvalue weighted by molar-refractivity contribution is 8.13. The minimum Gasteiger partial charge on any atom is -0.445 e. The quantitative estimate of drug-likeness (QED) is 0.703. The SMILES string of the molecule is O=C(OCc1ccccc1)N(CCS(=O)(=O)Cl)Cc1ccccc1. The average Bonchev–Trinajstić information content (AvgIpc) is 2.57. The smallest absolute Gasteiger partial charge is 0.410 e. The molecule has 0 saturated heterocycles. The van der Waals surface area contributed by atoms with Gasteiger partial charge in [0.05, 0.1) is 5.75 Å². The first-order valence-corrected chi connectivity index (χ1v) is 9.84. The highest BCUT2D eigenvalue weighted by Crippen LogP contribution is 2.09. The van der Waals surface area contributed by atoms with Crippen molar-refractivity contribution >= 4 is 25.8 Å². The van der Waals surface area contributed by atoms with Gasteiger partial charge < -0.3 is 9.64 Å². The van der Waals surface area contributed by atoms with Crippen LogP contribution in [0, 0.1) is 0 Å². The van der Waals surface area contributed by atoms with Crippen LogP contribution < -0.4 is 0 Å². The summed E-state index contributed by atoms with van der Waals surface area (Å²) in [4.78, 5) is 13.6. The Morgan fingerprint density at radius 3 is 2.04 bits per heavy atom. The van der Waals surface area contributed by atoms with Crippen LogP contribution in [-0.4, -0.2) is 31.7 Å². The van der Waals surface area contributed by atoms with Crippen LogP contribution in [0.3, 0.4) is 0 Å². The van der Waals surface area contributed by atoms with Crippen molar-refractivity contribution < 1.29 is 17.9 Å². The third-order valence-electron chi connectivity index (χ3n) is 3.28. The standard InChI is InChI=1S/C17H18ClNO4S/c18-24(21,22)12-11-19(13-15-7-3-1-4-8-15)17(20)23-14-16-9-5-2-6-10-16/h1-10H,11-14H2. The van der Waals surface area contributed by atoms with Crippen LogP contribution in [0.4, 0.5) is 4.79 Å². The third kappa shape index (κ3) is 6.60. The molecule has 0 heterocycles. The van der Waals surface area contributed by atoms with E-state index >= 15 is 0 Å². The van der Waals surface area contributed by atoms with E-state index in [1.807, 2.05) is 60.7 Å². The predicted octanol–water partition coefficient (Wildman–Crippen LogP) is 3.39. The number of nitrogens with zero attached hydrogens (tertiary/aromatic N) is 1. The van der Waals surface area contributed by atoms with Gasteiger partial charge in [-0.25, -0.2) is 13.2 Å². The molecular formula is C17H18ClNO4S. The second-order valence-corrected chi connectivity index (χ2v) is 8.09. The molecule has 1 amide bonds. The number of amides is 1. The van der Waals surface area contributed by atoms with Gasteiger partial charge in [-0.3, -0.25) is 0 Å². The summed E-state index contributed by atoms with van der Waals surface area (Å²) in [6.07, 6.45) is -0.581. The van der Waals surface area contributed by atoms with Crippen LogP contribution in [0.1, 0.15) is 11.1 Å². The van der Waals surface area contributed by atoms with E-state index in [1.54, 1.807) is 0 Å². The van der Waals surface area contributed by atoms with Crippen molar-refractivity contribution in [1.29, 1.82) is 0 Å². The van der Waals surface area contributed by atoms with E-state index in [4.69, 9.17) is 15.4 Å².